The van der Waals surface area contributed by atoms with Crippen LogP contribution in [0.5, 0.6) is 5.75 Å². The van der Waals surface area contributed by atoms with Crippen LogP contribution in [0.25, 0.3) is 0 Å². The average molecular weight is 354 g/mol. The Kier molecular flexibility index (Phi) is 5.73. The minimum atomic E-state index is 0.440. The molecule has 118 valence electrons. The third-order valence-corrected chi connectivity index (χ3v) is 5.74. The number of likely N-dealkylation sites (N-methyl/N-ethyl adjacent to an activating group) is 1. The Hall–Kier alpha value is -0.540. The normalized spacial score (nSPS) is 22.8. The van der Waals surface area contributed by atoms with Crippen molar-refractivity contribution in [3.05, 3.63) is 28.2 Å². The molecule has 0 spiro atoms. The van der Waals surface area contributed by atoms with E-state index in [9.17, 15) is 0 Å². The summed E-state index contributed by atoms with van der Waals surface area (Å²) in [6.45, 7) is 4.87. The van der Waals surface area contributed by atoms with Crippen molar-refractivity contribution in [1.29, 1.82) is 0 Å². The number of methoxy groups -OCH3 is 1. The molecule has 0 aliphatic heterocycles. The lowest BCUT2D eigenvalue weighted by atomic mass is 9.65. The van der Waals surface area contributed by atoms with Crippen LogP contribution in [0.3, 0.4) is 0 Å². The number of nitrogens with one attached hydrogen (secondary N) is 1. The number of hydrogen-bond donors (Lipinski definition) is 1. The van der Waals surface area contributed by atoms with Gasteiger partial charge in [-0.3, -0.25) is 0 Å². The highest BCUT2D eigenvalue weighted by molar-refractivity contribution is 9.10. The van der Waals surface area contributed by atoms with Gasteiger partial charge in [-0.15, -0.1) is 0 Å². The lowest BCUT2D eigenvalue weighted by molar-refractivity contribution is 0.101. The second-order valence-corrected chi connectivity index (χ2v) is 7.76. The lowest BCUT2D eigenvalue weighted by Gasteiger charge is -2.43. The molecule has 0 radical (unpaired) electrons. The molecule has 1 aliphatic rings. The third-order valence-electron chi connectivity index (χ3n) is 5.12. The van der Waals surface area contributed by atoms with Crippen LogP contribution in [-0.2, 0) is 6.42 Å². The zero-order valence-electron chi connectivity index (χ0n) is 13.7. The predicted octanol–water partition coefficient (Wildman–Crippen LogP) is 4.80. The zero-order valence-corrected chi connectivity index (χ0v) is 15.3. The van der Waals surface area contributed by atoms with Crippen molar-refractivity contribution in [2.75, 3.05) is 14.2 Å². The van der Waals surface area contributed by atoms with E-state index in [-0.39, 0.29) is 0 Å². The van der Waals surface area contributed by atoms with Crippen molar-refractivity contribution in [3.63, 3.8) is 0 Å². The topological polar surface area (TPSA) is 21.3 Å². The van der Waals surface area contributed by atoms with Gasteiger partial charge < -0.3 is 10.1 Å². The van der Waals surface area contributed by atoms with E-state index in [2.05, 4.69) is 60.3 Å². The van der Waals surface area contributed by atoms with E-state index in [1.165, 1.54) is 31.2 Å². The Morgan fingerprint density at radius 2 is 2.14 bits per heavy atom. The van der Waals surface area contributed by atoms with Gasteiger partial charge in [-0.05, 0) is 71.3 Å². The first-order valence-electron chi connectivity index (χ1n) is 7.97. The number of halogens is 1. The largest absolute Gasteiger partial charge is 0.496 e. The Bertz CT molecular complexity index is 472. The highest BCUT2D eigenvalue weighted by Crippen LogP contribution is 2.43. The Balaban J connectivity index is 2.13. The van der Waals surface area contributed by atoms with Crippen molar-refractivity contribution in [2.24, 2.45) is 11.3 Å². The molecule has 2 rings (SSSR count). The molecular formula is C18H28BrNO. The molecule has 0 amide bonds. The summed E-state index contributed by atoms with van der Waals surface area (Å²) in [5.41, 5.74) is 1.80. The SMILES string of the molecule is CNC(Cc1ccc(OC)c(Br)c1)C1CCCCC1(C)C. The zero-order chi connectivity index (χ0) is 15.5. The van der Waals surface area contributed by atoms with E-state index in [4.69, 9.17) is 4.74 Å². The van der Waals surface area contributed by atoms with E-state index in [1.807, 2.05) is 0 Å². The number of ether oxygens (including phenoxy) is 1. The summed E-state index contributed by atoms with van der Waals surface area (Å²) in [6.07, 6.45) is 6.53. The van der Waals surface area contributed by atoms with Crippen LogP contribution in [0.1, 0.15) is 45.1 Å². The lowest BCUT2D eigenvalue weighted by Crippen LogP contribution is -2.44. The number of hydrogen-bond acceptors (Lipinski definition) is 2. The fourth-order valence-electron chi connectivity index (χ4n) is 3.80. The van der Waals surface area contributed by atoms with Crippen LogP contribution in [0.2, 0.25) is 0 Å². The first kappa shape index (κ1) is 16.8. The van der Waals surface area contributed by atoms with E-state index < -0.39 is 0 Å². The third kappa shape index (κ3) is 4.01. The van der Waals surface area contributed by atoms with Crippen molar-refractivity contribution in [1.82, 2.24) is 5.32 Å². The molecule has 0 aromatic heterocycles. The van der Waals surface area contributed by atoms with Gasteiger partial charge in [0.1, 0.15) is 5.75 Å². The summed E-state index contributed by atoms with van der Waals surface area (Å²) in [4.78, 5) is 0. The molecule has 2 nitrogen and oxygen atoms in total. The van der Waals surface area contributed by atoms with Crippen LogP contribution in [0.15, 0.2) is 22.7 Å². The molecule has 1 saturated carbocycles. The number of benzene rings is 1. The first-order valence-corrected chi connectivity index (χ1v) is 8.77. The van der Waals surface area contributed by atoms with Crippen LogP contribution >= 0.6 is 15.9 Å². The highest BCUT2D eigenvalue weighted by Gasteiger charge is 2.36. The average Bonchev–Trinajstić information content (AvgIpc) is 2.45. The summed E-state index contributed by atoms with van der Waals surface area (Å²) < 4.78 is 6.36. The molecule has 3 heteroatoms. The van der Waals surface area contributed by atoms with E-state index in [0.717, 1.165) is 22.6 Å². The first-order chi connectivity index (χ1) is 9.97. The molecule has 0 saturated heterocycles. The molecule has 1 fully saturated rings. The van der Waals surface area contributed by atoms with E-state index in [1.54, 1.807) is 7.11 Å². The second kappa shape index (κ2) is 7.15. The van der Waals surface area contributed by atoms with Crippen molar-refractivity contribution >= 4 is 15.9 Å². The maximum absolute atomic E-state index is 5.32. The van der Waals surface area contributed by atoms with Gasteiger partial charge in [-0.25, -0.2) is 0 Å². The summed E-state index contributed by atoms with van der Waals surface area (Å²) in [7, 11) is 3.81. The molecule has 1 aromatic rings. The maximum Gasteiger partial charge on any atom is 0.133 e. The summed E-state index contributed by atoms with van der Waals surface area (Å²) in [5.74, 6) is 1.65. The smallest absolute Gasteiger partial charge is 0.133 e. The molecule has 1 aromatic carbocycles. The van der Waals surface area contributed by atoms with Crippen LogP contribution < -0.4 is 10.1 Å². The summed E-state index contributed by atoms with van der Waals surface area (Å²) in [5, 5.41) is 3.58. The van der Waals surface area contributed by atoms with Gasteiger partial charge in [0.15, 0.2) is 0 Å². The molecule has 0 heterocycles. The molecule has 0 bridgehead atoms. The highest BCUT2D eigenvalue weighted by atomic mass is 79.9. The van der Waals surface area contributed by atoms with Gasteiger partial charge in [0.05, 0.1) is 11.6 Å². The van der Waals surface area contributed by atoms with Gasteiger partial charge in [0, 0.05) is 6.04 Å². The van der Waals surface area contributed by atoms with Gasteiger partial charge in [0.2, 0.25) is 0 Å². The summed E-state index contributed by atoms with van der Waals surface area (Å²) >= 11 is 3.59. The van der Waals surface area contributed by atoms with Gasteiger partial charge in [-0.1, -0.05) is 32.8 Å². The van der Waals surface area contributed by atoms with Gasteiger partial charge in [0.25, 0.3) is 0 Å². The summed E-state index contributed by atoms with van der Waals surface area (Å²) in [6, 6.07) is 6.97. The van der Waals surface area contributed by atoms with Crippen molar-refractivity contribution in [3.8, 4) is 5.75 Å². The van der Waals surface area contributed by atoms with Crippen LogP contribution in [0, 0.1) is 11.3 Å². The minimum absolute atomic E-state index is 0.440. The molecular weight excluding hydrogens is 326 g/mol. The van der Waals surface area contributed by atoms with Crippen molar-refractivity contribution in [2.45, 2.75) is 52.0 Å². The fourth-order valence-corrected chi connectivity index (χ4v) is 4.39. The molecule has 1 aliphatic carbocycles. The molecule has 2 atom stereocenters. The molecule has 2 unspecified atom stereocenters. The second-order valence-electron chi connectivity index (χ2n) is 6.91. The Morgan fingerprint density at radius 1 is 1.38 bits per heavy atom. The van der Waals surface area contributed by atoms with E-state index >= 15 is 0 Å². The Labute approximate surface area is 137 Å². The molecule has 1 N–H and O–H groups in total. The standard InChI is InChI=1S/C18H28BrNO/c1-18(2)10-6-5-7-14(18)16(20-3)12-13-8-9-17(21-4)15(19)11-13/h8-9,11,14,16,20H,5-7,10,12H2,1-4H3. The minimum Gasteiger partial charge on any atom is -0.496 e. The fraction of sp³-hybridized carbons (Fsp3) is 0.667. The van der Waals surface area contributed by atoms with Gasteiger partial charge in [-0.2, -0.15) is 0 Å². The monoisotopic (exact) mass is 353 g/mol. The number of rotatable bonds is 5. The quantitative estimate of drug-likeness (QED) is 0.820. The van der Waals surface area contributed by atoms with Gasteiger partial charge >= 0.3 is 0 Å². The van der Waals surface area contributed by atoms with Crippen LogP contribution in [-0.4, -0.2) is 20.2 Å². The van der Waals surface area contributed by atoms with Crippen molar-refractivity contribution < 1.29 is 4.74 Å². The maximum atomic E-state index is 5.32. The molecule has 21 heavy (non-hydrogen) atoms. The van der Waals surface area contributed by atoms with E-state index in [0.29, 0.717) is 11.5 Å². The predicted molar refractivity (Wildman–Crippen MR) is 93.0 cm³/mol. The van der Waals surface area contributed by atoms with Crippen LogP contribution in [0.4, 0.5) is 0 Å². The Morgan fingerprint density at radius 3 is 2.71 bits per heavy atom.